The smallest absolute Gasteiger partial charge is 0.317 e. The maximum absolute atomic E-state index is 12.7. The third-order valence-electron chi connectivity index (χ3n) is 6.24. The van der Waals surface area contributed by atoms with Gasteiger partial charge in [-0.1, -0.05) is 44.2 Å². The Bertz CT molecular complexity index is 597. The minimum atomic E-state index is -0.785. The summed E-state index contributed by atoms with van der Waals surface area (Å²) in [4.78, 5) is 14.6. The van der Waals surface area contributed by atoms with Crippen molar-refractivity contribution in [2.75, 3.05) is 32.8 Å². The van der Waals surface area contributed by atoms with Crippen molar-refractivity contribution in [3.05, 3.63) is 35.9 Å². The normalized spacial score (nSPS) is 23.5. The van der Waals surface area contributed by atoms with Crippen molar-refractivity contribution in [1.82, 2.24) is 10.2 Å². The number of nitrogens with zero attached hydrogens (tertiary/aromatic N) is 1. The lowest BCUT2D eigenvalue weighted by atomic mass is 9.70. The summed E-state index contributed by atoms with van der Waals surface area (Å²) >= 11 is 0. The monoisotopic (exact) mass is 360 g/mol. The summed E-state index contributed by atoms with van der Waals surface area (Å²) in [7, 11) is 0. The van der Waals surface area contributed by atoms with Crippen LogP contribution < -0.4 is 5.32 Å². The van der Waals surface area contributed by atoms with Crippen LogP contribution in [0.2, 0.25) is 0 Å². The lowest BCUT2D eigenvalue weighted by Gasteiger charge is -2.45. The number of amides is 2. The zero-order valence-electron chi connectivity index (χ0n) is 16.0. The van der Waals surface area contributed by atoms with E-state index in [1.807, 2.05) is 24.8 Å². The number of hydrogen-bond acceptors (Lipinski definition) is 3. The van der Waals surface area contributed by atoms with Crippen molar-refractivity contribution in [2.45, 2.75) is 51.0 Å². The van der Waals surface area contributed by atoms with Crippen molar-refractivity contribution >= 4 is 6.03 Å². The third-order valence-corrected chi connectivity index (χ3v) is 6.24. The lowest BCUT2D eigenvalue weighted by molar-refractivity contribution is -0.130. The SMILES string of the molecule is CC(C)(CNC(=O)N1CCCC(c2ccccc2)C1)C1(O)CCOCC1. The Balaban J connectivity index is 1.56. The molecule has 2 N–H and O–H groups in total. The second kappa shape index (κ2) is 7.97. The van der Waals surface area contributed by atoms with Crippen LogP contribution in [0.25, 0.3) is 0 Å². The van der Waals surface area contributed by atoms with Gasteiger partial charge < -0.3 is 20.1 Å². The Hall–Kier alpha value is -1.59. The Morgan fingerprint density at radius 2 is 2.00 bits per heavy atom. The van der Waals surface area contributed by atoms with Crippen molar-refractivity contribution in [3.63, 3.8) is 0 Å². The molecule has 1 aromatic rings. The van der Waals surface area contributed by atoms with Crippen LogP contribution >= 0.6 is 0 Å². The van der Waals surface area contributed by atoms with E-state index in [0.717, 1.165) is 25.9 Å². The summed E-state index contributed by atoms with van der Waals surface area (Å²) in [5.41, 5.74) is 0.135. The second-order valence-electron chi connectivity index (χ2n) is 8.38. The Kier molecular flexibility index (Phi) is 5.88. The fourth-order valence-corrected chi connectivity index (χ4v) is 4.12. The molecule has 1 aromatic carbocycles. The summed E-state index contributed by atoms with van der Waals surface area (Å²) in [6.07, 6.45) is 3.39. The number of ether oxygens (including phenoxy) is 1. The highest BCUT2D eigenvalue weighted by Crippen LogP contribution is 2.38. The standard InChI is InChI=1S/C21H32N2O3/c1-20(2,21(25)10-13-26-14-11-21)16-22-19(24)23-12-6-9-18(15-23)17-7-4-3-5-8-17/h3-5,7-8,18,25H,6,9-16H2,1-2H3,(H,22,24). The number of carbonyl (C=O) groups is 1. The molecule has 2 aliphatic heterocycles. The lowest BCUT2D eigenvalue weighted by Crippen LogP contribution is -2.55. The molecule has 2 amide bonds. The van der Waals surface area contributed by atoms with Crippen molar-refractivity contribution in [3.8, 4) is 0 Å². The molecule has 0 aliphatic carbocycles. The van der Waals surface area contributed by atoms with Gasteiger partial charge in [0, 0.05) is 57.0 Å². The average molecular weight is 360 g/mol. The third kappa shape index (κ3) is 4.21. The van der Waals surface area contributed by atoms with Gasteiger partial charge in [-0.15, -0.1) is 0 Å². The molecule has 0 radical (unpaired) electrons. The van der Waals surface area contributed by atoms with Crippen LogP contribution in [0.4, 0.5) is 4.79 Å². The van der Waals surface area contributed by atoms with Crippen molar-refractivity contribution in [1.29, 1.82) is 0 Å². The van der Waals surface area contributed by atoms with E-state index in [1.54, 1.807) is 0 Å². The molecule has 0 bridgehead atoms. The maximum Gasteiger partial charge on any atom is 0.317 e. The molecule has 0 spiro atoms. The molecule has 0 aromatic heterocycles. The second-order valence-corrected chi connectivity index (χ2v) is 8.38. The van der Waals surface area contributed by atoms with Crippen LogP contribution in [0.1, 0.15) is 51.0 Å². The van der Waals surface area contributed by atoms with Gasteiger partial charge in [-0.25, -0.2) is 4.79 Å². The van der Waals surface area contributed by atoms with Gasteiger partial charge in [0.2, 0.25) is 0 Å². The summed E-state index contributed by atoms with van der Waals surface area (Å²) < 4.78 is 5.38. The van der Waals surface area contributed by atoms with Crippen LogP contribution in [-0.2, 0) is 4.74 Å². The van der Waals surface area contributed by atoms with Crippen LogP contribution in [0.3, 0.4) is 0 Å². The van der Waals surface area contributed by atoms with E-state index in [1.165, 1.54) is 5.56 Å². The molecule has 3 rings (SSSR count). The number of hydrogen-bond donors (Lipinski definition) is 2. The summed E-state index contributed by atoms with van der Waals surface area (Å²) in [6.45, 7) is 7.25. The summed E-state index contributed by atoms with van der Waals surface area (Å²) in [5.74, 6) is 0.406. The molecule has 1 unspecified atom stereocenters. The molecule has 2 fully saturated rings. The fraction of sp³-hybridized carbons (Fsp3) is 0.667. The first-order valence-corrected chi connectivity index (χ1v) is 9.79. The van der Waals surface area contributed by atoms with Gasteiger partial charge in [0.05, 0.1) is 5.60 Å². The molecule has 144 valence electrons. The first-order chi connectivity index (χ1) is 12.4. The van der Waals surface area contributed by atoms with Gasteiger partial charge in [0.15, 0.2) is 0 Å². The molecule has 0 saturated carbocycles. The molecule has 26 heavy (non-hydrogen) atoms. The molecule has 5 heteroatoms. The number of aliphatic hydroxyl groups is 1. The molecular formula is C21H32N2O3. The van der Waals surface area contributed by atoms with E-state index in [2.05, 4.69) is 29.6 Å². The predicted molar refractivity (Wildman–Crippen MR) is 102 cm³/mol. The minimum Gasteiger partial charge on any atom is -0.389 e. The molecule has 2 saturated heterocycles. The number of carbonyl (C=O) groups excluding carboxylic acids is 1. The molecule has 1 atom stereocenters. The largest absolute Gasteiger partial charge is 0.389 e. The van der Waals surface area contributed by atoms with Gasteiger partial charge in [-0.05, 0) is 18.4 Å². The van der Waals surface area contributed by atoms with Gasteiger partial charge >= 0.3 is 6.03 Å². The maximum atomic E-state index is 12.7. The molecular weight excluding hydrogens is 328 g/mol. The summed E-state index contributed by atoms with van der Waals surface area (Å²) in [6, 6.07) is 10.4. The van der Waals surface area contributed by atoms with Crippen LogP contribution in [0, 0.1) is 5.41 Å². The Labute approximate surface area is 156 Å². The minimum absolute atomic E-state index is 0.0191. The van der Waals surface area contributed by atoms with Gasteiger partial charge in [-0.3, -0.25) is 0 Å². The average Bonchev–Trinajstić information content (AvgIpc) is 2.67. The summed E-state index contributed by atoms with van der Waals surface area (Å²) in [5, 5.41) is 14.0. The van der Waals surface area contributed by atoms with Crippen LogP contribution in [0.15, 0.2) is 30.3 Å². The molecule has 2 heterocycles. The zero-order chi connectivity index (χ0) is 18.6. The van der Waals surface area contributed by atoms with Gasteiger partial charge in [-0.2, -0.15) is 0 Å². The van der Waals surface area contributed by atoms with Crippen LogP contribution in [0.5, 0.6) is 0 Å². The Morgan fingerprint density at radius 3 is 2.69 bits per heavy atom. The zero-order valence-corrected chi connectivity index (χ0v) is 16.0. The highest BCUT2D eigenvalue weighted by Gasteiger charge is 2.44. The Morgan fingerprint density at radius 1 is 1.31 bits per heavy atom. The number of urea groups is 1. The number of likely N-dealkylation sites (tertiary alicyclic amines) is 1. The van der Waals surface area contributed by atoms with E-state index in [0.29, 0.717) is 38.5 Å². The van der Waals surface area contributed by atoms with E-state index in [4.69, 9.17) is 4.74 Å². The predicted octanol–water partition coefficient (Wildman–Crippen LogP) is 3.14. The van der Waals surface area contributed by atoms with Crippen molar-refractivity contribution < 1.29 is 14.6 Å². The quantitative estimate of drug-likeness (QED) is 0.867. The van der Waals surface area contributed by atoms with Gasteiger partial charge in [0.1, 0.15) is 0 Å². The highest BCUT2D eigenvalue weighted by molar-refractivity contribution is 5.74. The first kappa shape index (κ1) is 19.2. The molecule has 5 nitrogen and oxygen atoms in total. The fourth-order valence-electron chi connectivity index (χ4n) is 4.12. The number of nitrogens with one attached hydrogen (secondary N) is 1. The van der Waals surface area contributed by atoms with E-state index < -0.39 is 5.60 Å². The van der Waals surface area contributed by atoms with E-state index in [9.17, 15) is 9.90 Å². The van der Waals surface area contributed by atoms with E-state index in [-0.39, 0.29) is 11.4 Å². The number of piperidine rings is 1. The number of rotatable bonds is 4. The van der Waals surface area contributed by atoms with E-state index >= 15 is 0 Å². The van der Waals surface area contributed by atoms with Crippen molar-refractivity contribution in [2.24, 2.45) is 5.41 Å². The highest BCUT2D eigenvalue weighted by atomic mass is 16.5. The van der Waals surface area contributed by atoms with Crippen LogP contribution in [-0.4, -0.2) is 54.5 Å². The molecule has 2 aliphatic rings. The first-order valence-electron chi connectivity index (χ1n) is 9.79. The number of benzene rings is 1. The van der Waals surface area contributed by atoms with Gasteiger partial charge in [0.25, 0.3) is 0 Å². The topological polar surface area (TPSA) is 61.8 Å².